The van der Waals surface area contributed by atoms with E-state index in [1.807, 2.05) is 6.07 Å². The predicted octanol–water partition coefficient (Wildman–Crippen LogP) is 0.450. The number of methoxy groups -OCH3 is 1. The van der Waals surface area contributed by atoms with Gasteiger partial charge in [0.2, 0.25) is 11.7 Å². The zero-order valence-electron chi connectivity index (χ0n) is 12.1. The molecule has 0 saturated heterocycles. The Labute approximate surface area is 126 Å². The second kappa shape index (κ2) is 6.10. The van der Waals surface area contributed by atoms with Crippen LogP contribution in [0.2, 0.25) is 0 Å². The molecule has 3 rings (SSSR count). The number of carbonyl (C=O) groups excluding carboxylic acids is 1. The lowest BCUT2D eigenvalue weighted by atomic mass is 9.75. The monoisotopic (exact) mass is 303 g/mol. The summed E-state index contributed by atoms with van der Waals surface area (Å²) in [6, 6.07) is 3.37. The number of aromatic amines is 1. The van der Waals surface area contributed by atoms with Crippen molar-refractivity contribution in [3.63, 3.8) is 0 Å². The first kappa shape index (κ1) is 14.5. The molecule has 0 aliphatic heterocycles. The highest BCUT2D eigenvalue weighted by Crippen LogP contribution is 2.38. The third-order valence-electron chi connectivity index (χ3n) is 3.87. The highest BCUT2D eigenvalue weighted by molar-refractivity contribution is 5.90. The third-order valence-corrected chi connectivity index (χ3v) is 3.87. The molecule has 0 radical (unpaired) electrons. The topological polar surface area (TPSA) is 113 Å². The van der Waals surface area contributed by atoms with Crippen LogP contribution in [0.1, 0.15) is 35.1 Å². The van der Waals surface area contributed by atoms with Gasteiger partial charge in [-0.25, -0.2) is 9.97 Å². The van der Waals surface area contributed by atoms with Gasteiger partial charge in [0.15, 0.2) is 0 Å². The Kier molecular flexibility index (Phi) is 4.01. The Morgan fingerprint density at radius 2 is 2.27 bits per heavy atom. The van der Waals surface area contributed by atoms with Crippen molar-refractivity contribution >= 4 is 5.91 Å². The number of hydrogen-bond acceptors (Lipinski definition) is 6. The third kappa shape index (κ3) is 2.91. The van der Waals surface area contributed by atoms with Gasteiger partial charge in [-0.2, -0.15) is 5.10 Å². The first-order chi connectivity index (χ1) is 10.7. The molecule has 0 bridgehead atoms. The van der Waals surface area contributed by atoms with Crippen LogP contribution in [-0.2, 0) is 0 Å². The van der Waals surface area contributed by atoms with Gasteiger partial charge in [0.25, 0.3) is 5.91 Å². The highest BCUT2D eigenvalue weighted by Gasteiger charge is 2.36. The van der Waals surface area contributed by atoms with Crippen LogP contribution in [0.25, 0.3) is 0 Å². The quantitative estimate of drug-likeness (QED) is 0.739. The number of nitrogens with one attached hydrogen (secondary N) is 2. The van der Waals surface area contributed by atoms with E-state index in [0.29, 0.717) is 18.7 Å². The van der Waals surface area contributed by atoms with E-state index in [1.54, 1.807) is 19.4 Å². The van der Waals surface area contributed by atoms with Crippen molar-refractivity contribution in [3.05, 3.63) is 36.0 Å². The second-order valence-corrected chi connectivity index (χ2v) is 5.30. The number of aromatic nitrogens is 4. The minimum Gasteiger partial charge on any atom is -0.481 e. The number of pyridine rings is 1. The molecule has 1 atom stereocenters. The van der Waals surface area contributed by atoms with Crippen LogP contribution < -0.4 is 10.1 Å². The van der Waals surface area contributed by atoms with Crippen molar-refractivity contribution in [2.45, 2.75) is 25.0 Å². The van der Waals surface area contributed by atoms with Crippen LogP contribution in [0.5, 0.6) is 5.88 Å². The summed E-state index contributed by atoms with van der Waals surface area (Å²) in [6.07, 6.45) is 3.95. The Morgan fingerprint density at radius 1 is 1.45 bits per heavy atom. The lowest BCUT2D eigenvalue weighted by Crippen LogP contribution is -2.41. The molecule has 116 valence electrons. The molecule has 3 N–H and O–H groups in total. The molecule has 1 fully saturated rings. The molecular formula is C14H17N5O3. The minimum absolute atomic E-state index is 0.159. The molecule has 2 heterocycles. The standard InChI is InChI=1S/C14H17N5O3/c1-22-11-3-2-8(6-15-11)12(9-4-10(20)5-9)18-14(21)13-16-7-17-19-13/h2-3,6-7,9-10,12,20H,4-5H2,1H3,(H,18,21)(H,16,17,19). The van der Waals surface area contributed by atoms with Gasteiger partial charge in [-0.3, -0.25) is 9.89 Å². The van der Waals surface area contributed by atoms with Crippen molar-refractivity contribution in [2.24, 2.45) is 5.92 Å². The van der Waals surface area contributed by atoms with Gasteiger partial charge in [0.05, 0.1) is 19.3 Å². The first-order valence-electron chi connectivity index (χ1n) is 7.01. The number of ether oxygens (including phenoxy) is 1. The maximum absolute atomic E-state index is 12.2. The van der Waals surface area contributed by atoms with Crippen molar-refractivity contribution in [1.82, 2.24) is 25.5 Å². The summed E-state index contributed by atoms with van der Waals surface area (Å²) in [5, 5.41) is 18.7. The number of rotatable bonds is 5. The largest absolute Gasteiger partial charge is 0.481 e. The molecule has 0 aromatic carbocycles. The van der Waals surface area contributed by atoms with Gasteiger partial charge in [-0.1, -0.05) is 6.07 Å². The van der Waals surface area contributed by atoms with Crippen LogP contribution in [0, 0.1) is 5.92 Å². The lowest BCUT2D eigenvalue weighted by molar-refractivity contribution is 0.0233. The van der Waals surface area contributed by atoms with Gasteiger partial charge in [-0.05, 0) is 24.3 Å². The van der Waals surface area contributed by atoms with Crippen LogP contribution in [0.3, 0.4) is 0 Å². The predicted molar refractivity (Wildman–Crippen MR) is 76.1 cm³/mol. The van der Waals surface area contributed by atoms with E-state index in [0.717, 1.165) is 5.56 Å². The summed E-state index contributed by atoms with van der Waals surface area (Å²) >= 11 is 0. The van der Waals surface area contributed by atoms with E-state index in [4.69, 9.17) is 4.74 Å². The van der Waals surface area contributed by atoms with Crippen LogP contribution in [0.4, 0.5) is 0 Å². The Hall–Kier alpha value is -2.48. The summed E-state index contributed by atoms with van der Waals surface area (Å²) < 4.78 is 5.05. The van der Waals surface area contributed by atoms with E-state index in [1.165, 1.54) is 6.33 Å². The van der Waals surface area contributed by atoms with Crippen LogP contribution in [-0.4, -0.2) is 44.4 Å². The fraction of sp³-hybridized carbons (Fsp3) is 0.429. The zero-order valence-corrected chi connectivity index (χ0v) is 12.1. The normalized spacial score (nSPS) is 21.7. The number of carbonyl (C=O) groups is 1. The number of amides is 1. The van der Waals surface area contributed by atoms with Gasteiger partial charge in [0, 0.05) is 12.3 Å². The van der Waals surface area contributed by atoms with Gasteiger partial charge in [0.1, 0.15) is 6.33 Å². The van der Waals surface area contributed by atoms with E-state index < -0.39 is 0 Å². The first-order valence-corrected chi connectivity index (χ1v) is 7.01. The number of nitrogens with zero attached hydrogens (tertiary/aromatic N) is 3. The van der Waals surface area contributed by atoms with Gasteiger partial charge >= 0.3 is 0 Å². The fourth-order valence-corrected chi connectivity index (χ4v) is 2.60. The molecule has 0 spiro atoms. The smallest absolute Gasteiger partial charge is 0.289 e. The Bertz CT molecular complexity index is 622. The molecule has 2 aromatic rings. The van der Waals surface area contributed by atoms with Crippen LogP contribution in [0.15, 0.2) is 24.7 Å². The average Bonchev–Trinajstić information content (AvgIpc) is 3.04. The lowest BCUT2D eigenvalue weighted by Gasteiger charge is -2.38. The van der Waals surface area contributed by atoms with Crippen molar-refractivity contribution in [3.8, 4) is 5.88 Å². The summed E-state index contributed by atoms with van der Waals surface area (Å²) in [5.41, 5.74) is 0.866. The highest BCUT2D eigenvalue weighted by atomic mass is 16.5. The molecule has 8 heteroatoms. The van der Waals surface area contributed by atoms with E-state index in [9.17, 15) is 9.90 Å². The van der Waals surface area contributed by atoms with Crippen molar-refractivity contribution in [1.29, 1.82) is 0 Å². The molecule has 1 saturated carbocycles. The number of aliphatic hydroxyl groups is 1. The summed E-state index contributed by atoms with van der Waals surface area (Å²) in [5.74, 6) is 0.501. The maximum Gasteiger partial charge on any atom is 0.289 e. The molecule has 22 heavy (non-hydrogen) atoms. The van der Waals surface area contributed by atoms with Gasteiger partial charge in [-0.15, -0.1) is 0 Å². The average molecular weight is 303 g/mol. The minimum atomic E-state index is -0.334. The summed E-state index contributed by atoms with van der Waals surface area (Å²) in [4.78, 5) is 20.2. The molecule has 1 unspecified atom stereocenters. The summed E-state index contributed by atoms with van der Waals surface area (Å²) in [7, 11) is 1.55. The van der Waals surface area contributed by atoms with E-state index >= 15 is 0 Å². The van der Waals surface area contributed by atoms with Gasteiger partial charge < -0.3 is 15.2 Å². The molecule has 8 nitrogen and oxygen atoms in total. The fourth-order valence-electron chi connectivity index (χ4n) is 2.60. The molecule has 2 aromatic heterocycles. The zero-order chi connectivity index (χ0) is 15.5. The van der Waals surface area contributed by atoms with Crippen LogP contribution >= 0.6 is 0 Å². The number of hydrogen-bond donors (Lipinski definition) is 3. The number of H-pyrrole nitrogens is 1. The molecule has 1 amide bonds. The molecule has 1 aliphatic rings. The number of aliphatic hydroxyl groups excluding tert-OH is 1. The Balaban J connectivity index is 1.78. The van der Waals surface area contributed by atoms with E-state index in [2.05, 4.69) is 25.5 Å². The molecule has 1 aliphatic carbocycles. The van der Waals surface area contributed by atoms with Crippen molar-refractivity contribution in [2.75, 3.05) is 7.11 Å². The Morgan fingerprint density at radius 3 is 2.82 bits per heavy atom. The SMILES string of the molecule is COc1ccc(C(NC(=O)c2ncn[nH]2)C2CC(O)C2)cn1. The maximum atomic E-state index is 12.2. The second-order valence-electron chi connectivity index (χ2n) is 5.30. The summed E-state index contributed by atoms with van der Waals surface area (Å²) in [6.45, 7) is 0. The molecular weight excluding hydrogens is 286 g/mol. The van der Waals surface area contributed by atoms with E-state index in [-0.39, 0.29) is 29.8 Å². The van der Waals surface area contributed by atoms with Crippen molar-refractivity contribution < 1.29 is 14.6 Å².